The number of hydrogen-bond acceptors (Lipinski definition) is 8. The van der Waals surface area contributed by atoms with Crippen molar-refractivity contribution >= 4 is 17.6 Å². The maximum atomic E-state index is 13.3. The fraction of sp³-hybridized carbons (Fsp3) is 0.448. The largest absolute Gasteiger partial charge is 0.504 e. The highest BCUT2D eigenvalue weighted by molar-refractivity contribution is 5.99. The Kier molecular flexibility index (Phi) is 10.9. The number of ketones is 1. The number of nitriles is 1. The molecule has 2 rings (SSSR count). The third-order valence-corrected chi connectivity index (χ3v) is 5.98. The van der Waals surface area contributed by atoms with E-state index in [1.54, 1.807) is 31.0 Å². The second-order valence-electron chi connectivity index (χ2n) is 10.3. The number of benzene rings is 2. The van der Waals surface area contributed by atoms with E-state index in [0.29, 0.717) is 41.0 Å². The molecule has 0 unspecified atom stereocenters. The SMILES string of the molecule is CCOc1cc(CN(C)CC(=O)c2cc(OCCCC(N)=O)c(O)c(C(C)(C)C)c2)c(C#N)cc1C(=O)NC. The number of carbonyl (C=O) groups excluding carboxylic acids is 3. The standard InChI is InChI=1S/C29H38N4O6/c1-7-38-24-14-20(19(15-30)11-21(24)28(37)32-5)16-33(6)17-23(34)18-12-22(29(2,3)4)27(36)25(13-18)39-10-8-9-26(31)35/h11-14,36H,7-10,16-17H2,1-6H3,(H2,31,35)(H,32,37). The van der Waals surface area contributed by atoms with Crippen LogP contribution in [-0.4, -0.2) is 61.5 Å². The Morgan fingerprint density at radius 2 is 1.82 bits per heavy atom. The van der Waals surface area contributed by atoms with Crippen molar-refractivity contribution in [1.29, 1.82) is 5.26 Å². The number of phenols is 1. The smallest absolute Gasteiger partial charge is 0.254 e. The topological polar surface area (TPSA) is 155 Å². The first kappa shape index (κ1) is 31.1. The number of aromatic hydroxyl groups is 1. The minimum atomic E-state index is -0.471. The highest BCUT2D eigenvalue weighted by Gasteiger charge is 2.25. The van der Waals surface area contributed by atoms with Crippen LogP contribution >= 0.6 is 0 Å². The van der Waals surface area contributed by atoms with Crippen LogP contribution in [0.25, 0.3) is 0 Å². The number of nitrogens with zero attached hydrogens (tertiary/aromatic N) is 2. The summed E-state index contributed by atoms with van der Waals surface area (Å²) in [6.07, 6.45) is 0.528. The Labute approximate surface area is 229 Å². The summed E-state index contributed by atoms with van der Waals surface area (Å²) in [5.74, 6) is -0.547. The highest BCUT2D eigenvalue weighted by Crippen LogP contribution is 2.39. The molecule has 0 fully saturated rings. The fourth-order valence-electron chi connectivity index (χ4n) is 4.01. The molecule has 0 atom stereocenters. The number of phenolic OH excluding ortho intramolecular Hbond substituents is 1. The van der Waals surface area contributed by atoms with Gasteiger partial charge in [0.15, 0.2) is 17.3 Å². The number of nitrogens with one attached hydrogen (secondary N) is 1. The summed E-state index contributed by atoms with van der Waals surface area (Å²) in [6, 6.07) is 8.43. The number of Topliss-reactive ketones (excluding diaryl/α,β-unsaturated/α-hetero) is 1. The van der Waals surface area contributed by atoms with E-state index in [1.807, 2.05) is 20.8 Å². The molecule has 2 amide bonds. The molecule has 210 valence electrons. The van der Waals surface area contributed by atoms with Crippen molar-refractivity contribution in [3.8, 4) is 23.3 Å². The Bertz CT molecular complexity index is 1260. The van der Waals surface area contributed by atoms with Crippen molar-refractivity contribution < 1.29 is 29.0 Å². The number of nitrogens with two attached hydrogens (primary N) is 1. The zero-order valence-corrected chi connectivity index (χ0v) is 23.5. The molecule has 0 bridgehead atoms. The maximum absolute atomic E-state index is 13.3. The third-order valence-electron chi connectivity index (χ3n) is 5.98. The summed E-state index contributed by atoms with van der Waals surface area (Å²) < 4.78 is 11.4. The Hall–Kier alpha value is -4.10. The number of hydrogen-bond donors (Lipinski definition) is 3. The van der Waals surface area contributed by atoms with Gasteiger partial charge in [-0.3, -0.25) is 19.3 Å². The molecule has 2 aromatic carbocycles. The third kappa shape index (κ3) is 8.45. The number of amides is 2. The van der Waals surface area contributed by atoms with Crippen molar-refractivity contribution in [2.45, 2.75) is 52.5 Å². The Morgan fingerprint density at radius 3 is 2.38 bits per heavy atom. The molecule has 0 radical (unpaired) electrons. The number of primary amides is 1. The molecular weight excluding hydrogens is 500 g/mol. The van der Waals surface area contributed by atoms with Gasteiger partial charge in [-0.2, -0.15) is 5.26 Å². The lowest BCUT2D eigenvalue weighted by Crippen LogP contribution is -2.27. The quantitative estimate of drug-likeness (QED) is 0.259. The minimum absolute atomic E-state index is 0.0154. The van der Waals surface area contributed by atoms with E-state index in [2.05, 4.69) is 11.4 Å². The predicted molar refractivity (Wildman–Crippen MR) is 147 cm³/mol. The minimum Gasteiger partial charge on any atom is -0.504 e. The molecule has 10 heteroatoms. The van der Waals surface area contributed by atoms with Gasteiger partial charge in [0.25, 0.3) is 5.91 Å². The summed E-state index contributed by atoms with van der Waals surface area (Å²) in [5, 5.41) is 23.1. The van der Waals surface area contributed by atoms with Crippen molar-refractivity contribution in [2.75, 3.05) is 33.9 Å². The Balaban J connectivity index is 2.31. The highest BCUT2D eigenvalue weighted by atomic mass is 16.5. The van der Waals surface area contributed by atoms with E-state index in [9.17, 15) is 24.8 Å². The lowest BCUT2D eigenvalue weighted by molar-refractivity contribution is -0.118. The molecule has 2 aromatic rings. The molecular formula is C29H38N4O6. The van der Waals surface area contributed by atoms with Crippen molar-refractivity contribution in [2.24, 2.45) is 5.73 Å². The molecule has 0 aromatic heterocycles. The van der Waals surface area contributed by atoms with Crippen molar-refractivity contribution in [3.63, 3.8) is 0 Å². The predicted octanol–water partition coefficient (Wildman–Crippen LogP) is 3.28. The average molecular weight is 539 g/mol. The van der Waals surface area contributed by atoms with Crippen LogP contribution in [-0.2, 0) is 16.8 Å². The van der Waals surface area contributed by atoms with Crippen molar-refractivity contribution in [1.82, 2.24) is 10.2 Å². The van der Waals surface area contributed by atoms with E-state index in [0.717, 1.165) is 0 Å². The van der Waals surface area contributed by atoms with Crippen LogP contribution in [0.1, 0.15) is 77.9 Å². The first-order valence-corrected chi connectivity index (χ1v) is 12.7. The van der Waals surface area contributed by atoms with Crippen LogP contribution in [0, 0.1) is 11.3 Å². The monoisotopic (exact) mass is 538 g/mol. The maximum Gasteiger partial charge on any atom is 0.254 e. The fourth-order valence-corrected chi connectivity index (χ4v) is 4.01. The number of ether oxygens (including phenoxy) is 2. The second-order valence-corrected chi connectivity index (χ2v) is 10.3. The van der Waals surface area contributed by atoms with E-state index in [4.69, 9.17) is 15.2 Å². The van der Waals surface area contributed by atoms with Gasteiger partial charge in [0.1, 0.15) is 5.75 Å². The molecule has 0 aliphatic heterocycles. The molecule has 0 spiro atoms. The van der Waals surface area contributed by atoms with Crippen LogP contribution in [0.3, 0.4) is 0 Å². The van der Waals surface area contributed by atoms with Crippen LogP contribution in [0.5, 0.6) is 17.2 Å². The Morgan fingerprint density at radius 1 is 1.13 bits per heavy atom. The van der Waals surface area contributed by atoms with Crippen LogP contribution < -0.4 is 20.5 Å². The van der Waals surface area contributed by atoms with E-state index in [1.165, 1.54) is 19.2 Å². The number of likely N-dealkylation sites (N-methyl/N-ethyl adjacent to an activating group) is 1. The first-order chi connectivity index (χ1) is 18.3. The van der Waals surface area contributed by atoms with Gasteiger partial charge in [0, 0.05) is 31.1 Å². The molecule has 0 aliphatic carbocycles. The summed E-state index contributed by atoms with van der Waals surface area (Å²) in [4.78, 5) is 38.4. The molecule has 4 N–H and O–H groups in total. The lowest BCUT2D eigenvalue weighted by Gasteiger charge is -2.24. The van der Waals surface area contributed by atoms with E-state index >= 15 is 0 Å². The average Bonchev–Trinajstić information content (AvgIpc) is 2.86. The van der Waals surface area contributed by atoms with Gasteiger partial charge in [-0.05, 0) is 55.6 Å². The van der Waals surface area contributed by atoms with Crippen molar-refractivity contribution in [3.05, 3.63) is 52.1 Å². The van der Waals surface area contributed by atoms with E-state index in [-0.39, 0.29) is 54.9 Å². The summed E-state index contributed by atoms with van der Waals surface area (Å²) in [5.41, 5.74) is 6.81. The summed E-state index contributed by atoms with van der Waals surface area (Å²) in [6.45, 7) is 8.32. The van der Waals surface area contributed by atoms with Gasteiger partial charge in [-0.15, -0.1) is 0 Å². The number of carbonyl (C=O) groups is 3. The van der Waals surface area contributed by atoms with Gasteiger partial charge >= 0.3 is 0 Å². The normalized spacial score (nSPS) is 11.1. The zero-order chi connectivity index (χ0) is 29.3. The zero-order valence-electron chi connectivity index (χ0n) is 23.5. The summed E-state index contributed by atoms with van der Waals surface area (Å²) >= 11 is 0. The molecule has 0 aliphatic rings. The van der Waals surface area contributed by atoms with Gasteiger partial charge in [0.05, 0.1) is 37.0 Å². The first-order valence-electron chi connectivity index (χ1n) is 12.7. The second kappa shape index (κ2) is 13.6. The van der Waals surface area contributed by atoms with Crippen LogP contribution in [0.2, 0.25) is 0 Å². The molecule has 0 saturated carbocycles. The van der Waals surface area contributed by atoms with Crippen LogP contribution in [0.4, 0.5) is 0 Å². The molecule has 0 saturated heterocycles. The van der Waals surface area contributed by atoms with Crippen LogP contribution in [0.15, 0.2) is 24.3 Å². The van der Waals surface area contributed by atoms with Gasteiger partial charge in [-0.25, -0.2) is 0 Å². The molecule has 39 heavy (non-hydrogen) atoms. The van der Waals surface area contributed by atoms with E-state index < -0.39 is 11.3 Å². The lowest BCUT2D eigenvalue weighted by atomic mass is 9.84. The number of rotatable bonds is 13. The summed E-state index contributed by atoms with van der Waals surface area (Å²) in [7, 11) is 3.25. The van der Waals surface area contributed by atoms with Gasteiger partial charge in [-0.1, -0.05) is 20.8 Å². The molecule has 10 nitrogen and oxygen atoms in total. The van der Waals surface area contributed by atoms with Gasteiger partial charge < -0.3 is 25.6 Å². The molecule has 0 heterocycles. The van der Waals surface area contributed by atoms with Gasteiger partial charge in [0.2, 0.25) is 5.91 Å².